The molecule has 0 aliphatic rings. The minimum Gasteiger partial charge on any atom is -0.310 e. The van der Waals surface area contributed by atoms with Crippen LogP contribution >= 0.6 is 11.8 Å². The van der Waals surface area contributed by atoms with Crippen LogP contribution in [0.2, 0.25) is 0 Å². The summed E-state index contributed by atoms with van der Waals surface area (Å²) in [4.78, 5) is 2.44. The molecule has 0 saturated carbocycles. The number of aryl methyl sites for hydroxylation is 1. The minimum atomic E-state index is 0.480. The molecule has 1 aromatic carbocycles. The standard InChI is InChI=1S/C17H30N2S/c1-5-11-18-17(10-12-19(3)13-14-20-4)16-9-7-6-8-15(16)2/h6-9,17-18H,5,10-14H2,1-4H3. The van der Waals surface area contributed by atoms with Crippen molar-refractivity contribution in [3.63, 3.8) is 0 Å². The summed E-state index contributed by atoms with van der Waals surface area (Å²) in [7, 11) is 2.23. The molecule has 0 spiro atoms. The van der Waals surface area contributed by atoms with Crippen LogP contribution in [0.5, 0.6) is 0 Å². The first-order chi connectivity index (χ1) is 9.69. The maximum Gasteiger partial charge on any atom is 0.0335 e. The van der Waals surface area contributed by atoms with Crippen molar-refractivity contribution in [2.45, 2.75) is 32.7 Å². The predicted octanol–water partition coefficient (Wildman–Crippen LogP) is 3.72. The summed E-state index contributed by atoms with van der Waals surface area (Å²) >= 11 is 1.92. The van der Waals surface area contributed by atoms with Gasteiger partial charge in [0.2, 0.25) is 0 Å². The van der Waals surface area contributed by atoms with Crippen molar-refractivity contribution < 1.29 is 0 Å². The van der Waals surface area contributed by atoms with Gasteiger partial charge >= 0.3 is 0 Å². The molecule has 0 amide bonds. The Morgan fingerprint density at radius 3 is 2.65 bits per heavy atom. The van der Waals surface area contributed by atoms with Crippen LogP contribution < -0.4 is 5.32 Å². The van der Waals surface area contributed by atoms with E-state index >= 15 is 0 Å². The Morgan fingerprint density at radius 2 is 2.00 bits per heavy atom. The van der Waals surface area contributed by atoms with E-state index in [9.17, 15) is 0 Å². The Morgan fingerprint density at radius 1 is 1.25 bits per heavy atom. The van der Waals surface area contributed by atoms with Crippen molar-refractivity contribution in [3.05, 3.63) is 35.4 Å². The fraction of sp³-hybridized carbons (Fsp3) is 0.647. The Hall–Kier alpha value is -0.510. The van der Waals surface area contributed by atoms with E-state index in [0.717, 1.165) is 13.1 Å². The fourth-order valence-electron chi connectivity index (χ4n) is 2.37. The third-order valence-electron chi connectivity index (χ3n) is 3.68. The van der Waals surface area contributed by atoms with Crippen molar-refractivity contribution >= 4 is 11.8 Å². The molecule has 0 bridgehead atoms. The van der Waals surface area contributed by atoms with Gasteiger partial charge in [-0.15, -0.1) is 0 Å². The number of thioether (sulfide) groups is 1. The highest BCUT2D eigenvalue weighted by atomic mass is 32.2. The SMILES string of the molecule is CCCNC(CCN(C)CCSC)c1ccccc1C. The molecule has 1 unspecified atom stereocenters. The van der Waals surface area contributed by atoms with Gasteiger partial charge in [-0.05, 0) is 57.3 Å². The molecule has 0 saturated heterocycles. The number of nitrogens with one attached hydrogen (secondary N) is 1. The molecule has 0 radical (unpaired) electrons. The average Bonchev–Trinajstić information content (AvgIpc) is 2.46. The molecule has 1 rings (SSSR count). The number of hydrogen-bond acceptors (Lipinski definition) is 3. The summed E-state index contributed by atoms with van der Waals surface area (Å²) in [5.41, 5.74) is 2.85. The second kappa shape index (κ2) is 10.3. The summed E-state index contributed by atoms with van der Waals surface area (Å²) in [5, 5.41) is 3.71. The van der Waals surface area contributed by atoms with Gasteiger partial charge in [-0.25, -0.2) is 0 Å². The van der Waals surface area contributed by atoms with Gasteiger partial charge in [0.15, 0.2) is 0 Å². The van der Waals surface area contributed by atoms with Crippen LogP contribution in [0.15, 0.2) is 24.3 Å². The van der Waals surface area contributed by atoms with Crippen LogP contribution in [0.1, 0.15) is 36.9 Å². The van der Waals surface area contributed by atoms with Crippen LogP contribution in [0.4, 0.5) is 0 Å². The molecule has 1 aromatic rings. The van der Waals surface area contributed by atoms with E-state index in [1.165, 1.54) is 36.3 Å². The van der Waals surface area contributed by atoms with Gasteiger partial charge < -0.3 is 10.2 Å². The van der Waals surface area contributed by atoms with Crippen LogP contribution in [0, 0.1) is 6.92 Å². The zero-order valence-electron chi connectivity index (χ0n) is 13.5. The minimum absolute atomic E-state index is 0.480. The van der Waals surface area contributed by atoms with Crippen LogP contribution in [0.3, 0.4) is 0 Å². The Labute approximate surface area is 129 Å². The molecule has 1 atom stereocenters. The highest BCUT2D eigenvalue weighted by Gasteiger charge is 2.13. The average molecular weight is 295 g/mol. The maximum absolute atomic E-state index is 3.71. The molecular formula is C17H30N2S. The zero-order chi connectivity index (χ0) is 14.8. The lowest BCUT2D eigenvalue weighted by atomic mass is 9.98. The molecule has 0 heterocycles. The first kappa shape index (κ1) is 17.5. The lowest BCUT2D eigenvalue weighted by Gasteiger charge is -2.24. The van der Waals surface area contributed by atoms with Gasteiger partial charge in [0.1, 0.15) is 0 Å². The second-order valence-corrected chi connectivity index (χ2v) is 6.43. The van der Waals surface area contributed by atoms with Gasteiger partial charge in [-0.2, -0.15) is 11.8 Å². The quantitative estimate of drug-likeness (QED) is 0.708. The molecule has 20 heavy (non-hydrogen) atoms. The van der Waals surface area contributed by atoms with Gasteiger partial charge in [-0.1, -0.05) is 31.2 Å². The van der Waals surface area contributed by atoms with Crippen molar-refractivity contribution in [1.29, 1.82) is 0 Å². The lowest BCUT2D eigenvalue weighted by molar-refractivity contribution is 0.323. The van der Waals surface area contributed by atoms with E-state index in [4.69, 9.17) is 0 Å². The van der Waals surface area contributed by atoms with E-state index < -0.39 is 0 Å². The Kier molecular flexibility index (Phi) is 8.99. The largest absolute Gasteiger partial charge is 0.310 e. The lowest BCUT2D eigenvalue weighted by Crippen LogP contribution is -2.29. The van der Waals surface area contributed by atoms with E-state index in [1.807, 2.05) is 11.8 Å². The highest BCUT2D eigenvalue weighted by molar-refractivity contribution is 7.98. The van der Waals surface area contributed by atoms with Crippen molar-refractivity contribution in [2.75, 3.05) is 38.7 Å². The van der Waals surface area contributed by atoms with Gasteiger partial charge in [0, 0.05) is 18.3 Å². The summed E-state index contributed by atoms with van der Waals surface area (Å²) < 4.78 is 0. The van der Waals surface area contributed by atoms with E-state index in [1.54, 1.807) is 0 Å². The third-order valence-corrected chi connectivity index (χ3v) is 4.27. The van der Waals surface area contributed by atoms with Crippen LogP contribution in [-0.2, 0) is 0 Å². The Balaban J connectivity index is 2.58. The second-order valence-electron chi connectivity index (χ2n) is 5.45. The third kappa shape index (κ3) is 6.29. The van der Waals surface area contributed by atoms with Gasteiger partial charge in [0.05, 0.1) is 0 Å². The number of hydrogen-bond donors (Lipinski definition) is 1. The number of rotatable bonds is 10. The highest BCUT2D eigenvalue weighted by Crippen LogP contribution is 2.20. The first-order valence-corrected chi connectivity index (χ1v) is 9.04. The van der Waals surface area contributed by atoms with Crippen LogP contribution in [0.25, 0.3) is 0 Å². The number of benzene rings is 1. The fourth-order valence-corrected chi connectivity index (χ4v) is 2.87. The van der Waals surface area contributed by atoms with E-state index in [0.29, 0.717) is 6.04 Å². The van der Waals surface area contributed by atoms with Gasteiger partial charge in [-0.3, -0.25) is 0 Å². The first-order valence-electron chi connectivity index (χ1n) is 7.65. The molecule has 0 aromatic heterocycles. The molecule has 0 fully saturated rings. The summed E-state index contributed by atoms with van der Waals surface area (Å²) in [5.74, 6) is 1.22. The van der Waals surface area contributed by atoms with Crippen molar-refractivity contribution in [1.82, 2.24) is 10.2 Å². The smallest absolute Gasteiger partial charge is 0.0335 e. The summed E-state index contributed by atoms with van der Waals surface area (Å²) in [6.45, 7) is 7.86. The predicted molar refractivity (Wildman–Crippen MR) is 92.7 cm³/mol. The molecule has 2 nitrogen and oxygen atoms in total. The molecule has 1 N–H and O–H groups in total. The van der Waals surface area contributed by atoms with Crippen molar-refractivity contribution in [2.24, 2.45) is 0 Å². The Bertz CT molecular complexity index is 368. The van der Waals surface area contributed by atoms with Crippen LogP contribution in [-0.4, -0.2) is 43.6 Å². The molecule has 114 valence electrons. The van der Waals surface area contributed by atoms with Gasteiger partial charge in [0.25, 0.3) is 0 Å². The molecular weight excluding hydrogens is 264 g/mol. The monoisotopic (exact) mass is 294 g/mol. The van der Waals surface area contributed by atoms with E-state index in [2.05, 4.69) is 61.6 Å². The zero-order valence-corrected chi connectivity index (χ0v) is 14.3. The topological polar surface area (TPSA) is 15.3 Å². The normalized spacial score (nSPS) is 12.8. The van der Waals surface area contributed by atoms with Crippen molar-refractivity contribution in [3.8, 4) is 0 Å². The van der Waals surface area contributed by atoms with E-state index in [-0.39, 0.29) is 0 Å². The maximum atomic E-state index is 3.71. The summed E-state index contributed by atoms with van der Waals surface area (Å²) in [6, 6.07) is 9.24. The molecule has 3 heteroatoms. The summed E-state index contributed by atoms with van der Waals surface area (Å²) in [6.07, 6.45) is 4.53. The molecule has 0 aliphatic carbocycles. The molecule has 0 aliphatic heterocycles. The number of nitrogens with zero attached hydrogens (tertiary/aromatic N) is 1.